The largest absolute Gasteiger partial charge is 0.497 e. The number of ether oxygens (including phenoxy) is 1. The molecule has 1 fully saturated rings. The first-order valence-corrected chi connectivity index (χ1v) is 9.10. The van der Waals surface area contributed by atoms with Gasteiger partial charge >= 0.3 is 0 Å². The summed E-state index contributed by atoms with van der Waals surface area (Å²) in [5.74, 6) is 0.645. The molecule has 2 amide bonds. The number of carbonyl (C=O) groups is 2. The van der Waals surface area contributed by atoms with Crippen LogP contribution in [-0.2, 0) is 4.79 Å². The Kier molecular flexibility index (Phi) is 6.08. The quantitative estimate of drug-likeness (QED) is 0.878. The smallest absolute Gasteiger partial charge is 0.254 e. The predicted octanol–water partition coefficient (Wildman–Crippen LogP) is 2.07. The Labute approximate surface area is 159 Å². The van der Waals surface area contributed by atoms with Crippen molar-refractivity contribution in [2.24, 2.45) is 5.73 Å². The van der Waals surface area contributed by atoms with Gasteiger partial charge in [-0.3, -0.25) is 9.59 Å². The number of amides is 2. The molecule has 1 saturated heterocycles. The molecule has 142 valence electrons. The first kappa shape index (κ1) is 18.9. The van der Waals surface area contributed by atoms with Crippen LogP contribution in [0.2, 0.25) is 0 Å². The average molecular weight is 367 g/mol. The maximum atomic E-state index is 12.7. The lowest BCUT2D eigenvalue weighted by atomic mass is 10.0. The second-order valence-electron chi connectivity index (χ2n) is 6.63. The lowest BCUT2D eigenvalue weighted by Crippen LogP contribution is -2.51. The van der Waals surface area contributed by atoms with Crippen molar-refractivity contribution < 1.29 is 14.3 Å². The van der Waals surface area contributed by atoms with Gasteiger partial charge in [-0.25, -0.2) is 0 Å². The molecule has 1 aliphatic rings. The van der Waals surface area contributed by atoms with Crippen molar-refractivity contribution in [1.82, 2.24) is 9.80 Å². The number of benzene rings is 2. The van der Waals surface area contributed by atoms with Gasteiger partial charge in [0.25, 0.3) is 5.91 Å². The highest BCUT2D eigenvalue weighted by Crippen LogP contribution is 2.18. The Morgan fingerprint density at radius 2 is 1.67 bits per heavy atom. The zero-order valence-electron chi connectivity index (χ0n) is 15.5. The maximum Gasteiger partial charge on any atom is 0.254 e. The molecule has 1 aliphatic heterocycles. The van der Waals surface area contributed by atoms with Crippen molar-refractivity contribution in [2.75, 3.05) is 33.3 Å². The molecule has 1 heterocycles. The van der Waals surface area contributed by atoms with E-state index in [9.17, 15) is 9.59 Å². The van der Waals surface area contributed by atoms with Gasteiger partial charge in [0.05, 0.1) is 7.11 Å². The summed E-state index contributed by atoms with van der Waals surface area (Å²) >= 11 is 0. The first-order valence-electron chi connectivity index (χ1n) is 9.10. The van der Waals surface area contributed by atoms with E-state index in [1.807, 2.05) is 36.4 Å². The fourth-order valence-electron chi connectivity index (χ4n) is 3.23. The van der Waals surface area contributed by atoms with E-state index in [-0.39, 0.29) is 24.3 Å². The molecule has 6 heteroatoms. The summed E-state index contributed by atoms with van der Waals surface area (Å²) in [5, 5.41) is 0. The van der Waals surface area contributed by atoms with Gasteiger partial charge in [-0.1, -0.05) is 36.4 Å². The number of nitrogens with zero attached hydrogens (tertiary/aromatic N) is 2. The van der Waals surface area contributed by atoms with Crippen LogP contribution in [0.25, 0.3) is 0 Å². The molecule has 1 unspecified atom stereocenters. The molecule has 2 aromatic rings. The van der Waals surface area contributed by atoms with Crippen LogP contribution >= 0.6 is 0 Å². The van der Waals surface area contributed by atoms with Gasteiger partial charge < -0.3 is 20.3 Å². The number of hydrogen-bond acceptors (Lipinski definition) is 4. The number of hydrogen-bond donors (Lipinski definition) is 1. The molecule has 2 N–H and O–H groups in total. The molecule has 0 spiro atoms. The zero-order valence-corrected chi connectivity index (χ0v) is 15.5. The van der Waals surface area contributed by atoms with Crippen LogP contribution in [-0.4, -0.2) is 54.9 Å². The maximum absolute atomic E-state index is 12.7. The summed E-state index contributed by atoms with van der Waals surface area (Å²) in [6.45, 7) is 2.08. The van der Waals surface area contributed by atoms with Crippen molar-refractivity contribution in [3.63, 3.8) is 0 Å². The van der Waals surface area contributed by atoms with Gasteiger partial charge in [0.15, 0.2) is 0 Å². The normalized spacial score (nSPS) is 15.3. The van der Waals surface area contributed by atoms with E-state index in [1.165, 1.54) is 0 Å². The number of piperazine rings is 1. The fourth-order valence-corrected chi connectivity index (χ4v) is 3.23. The second-order valence-corrected chi connectivity index (χ2v) is 6.63. The third-order valence-corrected chi connectivity index (χ3v) is 4.86. The van der Waals surface area contributed by atoms with Crippen LogP contribution in [0.1, 0.15) is 28.4 Å². The highest BCUT2D eigenvalue weighted by Gasteiger charge is 2.26. The van der Waals surface area contributed by atoms with Crippen LogP contribution in [0.15, 0.2) is 54.6 Å². The molecule has 6 nitrogen and oxygen atoms in total. The van der Waals surface area contributed by atoms with Crippen LogP contribution in [0.3, 0.4) is 0 Å². The SMILES string of the molecule is COc1cccc(C(=O)N2CCN(C(=O)CC(N)c3ccccc3)CC2)c1. The van der Waals surface area contributed by atoms with Gasteiger partial charge in [-0.05, 0) is 23.8 Å². The van der Waals surface area contributed by atoms with Crippen molar-refractivity contribution in [1.29, 1.82) is 0 Å². The molecule has 0 radical (unpaired) electrons. The third-order valence-electron chi connectivity index (χ3n) is 4.86. The lowest BCUT2D eigenvalue weighted by Gasteiger charge is -2.35. The molecule has 0 bridgehead atoms. The average Bonchev–Trinajstić information content (AvgIpc) is 2.74. The first-order chi connectivity index (χ1) is 13.1. The minimum absolute atomic E-state index is 0.0276. The summed E-state index contributed by atoms with van der Waals surface area (Å²) in [6, 6.07) is 16.4. The Morgan fingerprint density at radius 3 is 2.33 bits per heavy atom. The minimum Gasteiger partial charge on any atom is -0.497 e. The van der Waals surface area contributed by atoms with Gasteiger partial charge in [-0.2, -0.15) is 0 Å². The Morgan fingerprint density at radius 1 is 1.00 bits per heavy atom. The standard InChI is InChI=1S/C21H25N3O3/c1-27-18-9-5-8-17(14-18)21(26)24-12-10-23(11-13-24)20(25)15-19(22)16-6-3-2-4-7-16/h2-9,14,19H,10-13,15,22H2,1H3. The molecule has 0 aliphatic carbocycles. The van der Waals surface area contributed by atoms with Crippen LogP contribution < -0.4 is 10.5 Å². The molecular formula is C21H25N3O3. The molecule has 0 saturated carbocycles. The summed E-state index contributed by atoms with van der Waals surface area (Å²) in [7, 11) is 1.58. The van der Waals surface area contributed by atoms with Crippen LogP contribution in [0.5, 0.6) is 5.75 Å². The predicted molar refractivity (Wildman–Crippen MR) is 103 cm³/mol. The summed E-state index contributed by atoms with van der Waals surface area (Å²) in [4.78, 5) is 28.8. The molecule has 3 rings (SSSR count). The van der Waals surface area contributed by atoms with Crippen LogP contribution in [0, 0.1) is 0 Å². The number of nitrogens with two attached hydrogens (primary N) is 1. The Balaban J connectivity index is 1.53. The summed E-state index contributed by atoms with van der Waals surface area (Å²) in [6.07, 6.45) is 0.272. The van der Waals surface area contributed by atoms with Crippen molar-refractivity contribution in [2.45, 2.75) is 12.5 Å². The topological polar surface area (TPSA) is 75.9 Å². The monoisotopic (exact) mass is 367 g/mol. The summed E-state index contributed by atoms with van der Waals surface area (Å²) < 4.78 is 5.18. The second kappa shape index (κ2) is 8.68. The third kappa shape index (κ3) is 4.65. The van der Waals surface area contributed by atoms with Gasteiger partial charge in [-0.15, -0.1) is 0 Å². The number of rotatable bonds is 5. The minimum atomic E-state index is -0.310. The lowest BCUT2D eigenvalue weighted by molar-refractivity contribution is -0.133. The van der Waals surface area contributed by atoms with Gasteiger partial charge in [0.2, 0.25) is 5.91 Å². The molecule has 0 aromatic heterocycles. The van der Waals surface area contributed by atoms with Crippen molar-refractivity contribution in [3.8, 4) is 5.75 Å². The van der Waals surface area contributed by atoms with E-state index in [2.05, 4.69) is 0 Å². The molecule has 2 aromatic carbocycles. The van der Waals surface area contributed by atoms with E-state index in [1.54, 1.807) is 35.1 Å². The van der Waals surface area contributed by atoms with Crippen LogP contribution in [0.4, 0.5) is 0 Å². The highest BCUT2D eigenvalue weighted by atomic mass is 16.5. The van der Waals surface area contributed by atoms with Crippen molar-refractivity contribution >= 4 is 11.8 Å². The highest BCUT2D eigenvalue weighted by molar-refractivity contribution is 5.94. The zero-order chi connectivity index (χ0) is 19.2. The Bertz CT molecular complexity index is 786. The summed E-state index contributed by atoms with van der Waals surface area (Å²) in [5.41, 5.74) is 7.71. The van der Waals surface area contributed by atoms with E-state index in [4.69, 9.17) is 10.5 Å². The Hall–Kier alpha value is -2.86. The van der Waals surface area contributed by atoms with Gasteiger partial charge in [0, 0.05) is 44.2 Å². The fraction of sp³-hybridized carbons (Fsp3) is 0.333. The van der Waals surface area contributed by atoms with E-state index in [0.29, 0.717) is 37.5 Å². The molecular weight excluding hydrogens is 342 g/mol. The number of methoxy groups -OCH3 is 1. The van der Waals surface area contributed by atoms with E-state index in [0.717, 1.165) is 5.56 Å². The van der Waals surface area contributed by atoms with E-state index < -0.39 is 0 Å². The van der Waals surface area contributed by atoms with Crippen molar-refractivity contribution in [3.05, 3.63) is 65.7 Å². The van der Waals surface area contributed by atoms with E-state index >= 15 is 0 Å². The molecule has 27 heavy (non-hydrogen) atoms. The molecule has 1 atom stereocenters. The number of carbonyl (C=O) groups excluding carboxylic acids is 2. The van der Waals surface area contributed by atoms with Gasteiger partial charge in [0.1, 0.15) is 5.75 Å².